The fraction of sp³-hybridized carbons (Fsp3) is 0.538. The van der Waals surface area contributed by atoms with Crippen LogP contribution in [-0.4, -0.2) is 17.5 Å². The molecule has 0 unspecified atom stereocenters. The molecule has 82 valence electrons. The predicted molar refractivity (Wildman–Crippen MR) is 67.4 cm³/mol. The second kappa shape index (κ2) is 5.04. The fourth-order valence-electron chi connectivity index (χ4n) is 2.28. The summed E-state index contributed by atoms with van der Waals surface area (Å²) in [4.78, 5) is 3.64. The highest BCUT2D eigenvalue weighted by molar-refractivity contribution is 7.80. The van der Waals surface area contributed by atoms with Gasteiger partial charge in [-0.25, -0.2) is 0 Å². The Kier molecular flexibility index (Phi) is 3.71. The lowest BCUT2D eigenvalue weighted by Gasteiger charge is -2.33. The maximum atomic E-state index is 4.38. The Bertz CT molecular complexity index is 324. The lowest BCUT2D eigenvalue weighted by molar-refractivity contribution is 0.152. The number of piperidine rings is 1. The molecule has 0 bridgehead atoms. The topological polar surface area (TPSA) is 3.24 Å². The van der Waals surface area contributed by atoms with Crippen molar-refractivity contribution in [3.8, 4) is 0 Å². The average Bonchev–Trinajstić information content (AvgIpc) is 2.22. The number of hydrogen-bond donors (Lipinski definition) is 1. The highest BCUT2D eigenvalue weighted by Crippen LogP contribution is 2.19. The molecule has 0 radical (unpaired) electrons. The number of rotatable bonds is 2. The van der Waals surface area contributed by atoms with Gasteiger partial charge in [0.2, 0.25) is 0 Å². The molecule has 1 aromatic rings. The third-order valence-electron chi connectivity index (χ3n) is 3.24. The number of likely N-dealkylation sites (tertiary alicyclic amines) is 1. The lowest BCUT2D eigenvalue weighted by Crippen LogP contribution is -2.36. The van der Waals surface area contributed by atoms with Crippen molar-refractivity contribution in [3.05, 3.63) is 29.8 Å². The summed E-state index contributed by atoms with van der Waals surface area (Å²) in [7, 11) is 0. The zero-order valence-electron chi connectivity index (χ0n) is 9.32. The highest BCUT2D eigenvalue weighted by atomic mass is 32.1. The van der Waals surface area contributed by atoms with Crippen LogP contribution in [0.15, 0.2) is 29.2 Å². The van der Waals surface area contributed by atoms with Crippen molar-refractivity contribution in [2.75, 3.05) is 6.54 Å². The van der Waals surface area contributed by atoms with Gasteiger partial charge in [0.15, 0.2) is 0 Å². The van der Waals surface area contributed by atoms with Gasteiger partial charge >= 0.3 is 0 Å². The van der Waals surface area contributed by atoms with E-state index in [9.17, 15) is 0 Å². The molecule has 1 heterocycles. The van der Waals surface area contributed by atoms with Crippen LogP contribution in [0.2, 0.25) is 0 Å². The molecule has 0 aromatic heterocycles. The minimum atomic E-state index is 0.738. The van der Waals surface area contributed by atoms with E-state index in [1.165, 1.54) is 31.4 Å². The largest absolute Gasteiger partial charge is 0.296 e. The maximum absolute atomic E-state index is 4.38. The van der Waals surface area contributed by atoms with Crippen molar-refractivity contribution < 1.29 is 0 Å². The molecule has 15 heavy (non-hydrogen) atoms. The van der Waals surface area contributed by atoms with Gasteiger partial charge in [0.25, 0.3) is 0 Å². The Hall–Kier alpha value is -0.470. The van der Waals surface area contributed by atoms with Crippen LogP contribution in [0.3, 0.4) is 0 Å². The average molecular weight is 221 g/mol. The third-order valence-corrected chi connectivity index (χ3v) is 3.51. The van der Waals surface area contributed by atoms with Crippen LogP contribution in [-0.2, 0) is 6.54 Å². The fourth-order valence-corrected chi connectivity index (χ4v) is 2.53. The molecule has 0 amide bonds. The molecule has 1 nitrogen and oxygen atoms in total. The Balaban J connectivity index is 2.01. The Morgan fingerprint density at radius 1 is 1.40 bits per heavy atom. The molecule has 1 aliphatic rings. The van der Waals surface area contributed by atoms with Crippen molar-refractivity contribution in [1.82, 2.24) is 4.90 Å². The molecule has 1 fully saturated rings. The molecule has 0 N–H and O–H groups in total. The van der Waals surface area contributed by atoms with E-state index in [1.54, 1.807) is 0 Å². The van der Waals surface area contributed by atoms with Gasteiger partial charge in [0.05, 0.1) is 0 Å². The van der Waals surface area contributed by atoms with E-state index in [2.05, 4.69) is 42.7 Å². The monoisotopic (exact) mass is 221 g/mol. The van der Waals surface area contributed by atoms with E-state index >= 15 is 0 Å². The summed E-state index contributed by atoms with van der Waals surface area (Å²) in [6, 6.07) is 9.23. The lowest BCUT2D eigenvalue weighted by atomic mass is 10.0. The quantitative estimate of drug-likeness (QED) is 0.750. The SMILES string of the molecule is C[C@H]1CCCCN1Cc1cccc(S)c1. The number of thiol groups is 1. The molecule has 1 saturated heterocycles. The second-order valence-corrected chi connectivity index (χ2v) is 5.00. The molecule has 1 aliphatic heterocycles. The first-order valence-corrected chi connectivity index (χ1v) is 6.22. The summed E-state index contributed by atoms with van der Waals surface area (Å²) in [5.41, 5.74) is 1.39. The van der Waals surface area contributed by atoms with Crippen LogP contribution in [0, 0.1) is 0 Å². The van der Waals surface area contributed by atoms with Crippen LogP contribution < -0.4 is 0 Å². The Morgan fingerprint density at radius 3 is 3.00 bits per heavy atom. The van der Waals surface area contributed by atoms with Gasteiger partial charge in [-0.1, -0.05) is 18.6 Å². The molecule has 2 rings (SSSR count). The molecule has 0 spiro atoms. The molecule has 1 atom stereocenters. The molecular formula is C13H19NS. The van der Waals surface area contributed by atoms with Gasteiger partial charge in [-0.2, -0.15) is 0 Å². The highest BCUT2D eigenvalue weighted by Gasteiger charge is 2.17. The molecule has 1 aromatic carbocycles. The van der Waals surface area contributed by atoms with Gasteiger partial charge in [0, 0.05) is 17.5 Å². The van der Waals surface area contributed by atoms with E-state index in [1.807, 2.05) is 6.07 Å². The van der Waals surface area contributed by atoms with Crippen molar-refractivity contribution in [2.24, 2.45) is 0 Å². The summed E-state index contributed by atoms with van der Waals surface area (Å²) in [5.74, 6) is 0. The number of benzene rings is 1. The molecular weight excluding hydrogens is 202 g/mol. The van der Waals surface area contributed by atoms with Crippen LogP contribution in [0.5, 0.6) is 0 Å². The van der Waals surface area contributed by atoms with Gasteiger partial charge in [-0.3, -0.25) is 4.90 Å². The van der Waals surface area contributed by atoms with Crippen molar-refractivity contribution in [3.63, 3.8) is 0 Å². The van der Waals surface area contributed by atoms with Crippen LogP contribution in [0.1, 0.15) is 31.7 Å². The Labute approximate surface area is 97.9 Å². The van der Waals surface area contributed by atoms with Crippen molar-refractivity contribution in [1.29, 1.82) is 0 Å². The van der Waals surface area contributed by atoms with Crippen molar-refractivity contribution in [2.45, 2.75) is 43.7 Å². The van der Waals surface area contributed by atoms with Crippen LogP contribution in [0.25, 0.3) is 0 Å². The van der Waals surface area contributed by atoms with Crippen LogP contribution >= 0.6 is 12.6 Å². The van der Waals surface area contributed by atoms with E-state index < -0.39 is 0 Å². The van der Waals surface area contributed by atoms with Gasteiger partial charge in [0.1, 0.15) is 0 Å². The minimum Gasteiger partial charge on any atom is -0.296 e. The van der Waals surface area contributed by atoms with Gasteiger partial charge in [-0.05, 0) is 44.0 Å². The normalized spacial score (nSPS) is 22.9. The zero-order valence-corrected chi connectivity index (χ0v) is 10.2. The van der Waals surface area contributed by atoms with E-state index in [0.29, 0.717) is 0 Å². The second-order valence-electron chi connectivity index (χ2n) is 4.49. The van der Waals surface area contributed by atoms with Gasteiger partial charge < -0.3 is 0 Å². The maximum Gasteiger partial charge on any atom is 0.0236 e. The van der Waals surface area contributed by atoms with Gasteiger partial charge in [-0.15, -0.1) is 12.6 Å². The van der Waals surface area contributed by atoms with Crippen LogP contribution in [0.4, 0.5) is 0 Å². The molecule has 0 aliphatic carbocycles. The summed E-state index contributed by atoms with van der Waals surface area (Å²) in [6.45, 7) is 4.66. The smallest absolute Gasteiger partial charge is 0.0236 e. The minimum absolute atomic E-state index is 0.738. The van der Waals surface area contributed by atoms with Crippen molar-refractivity contribution >= 4 is 12.6 Å². The first-order valence-electron chi connectivity index (χ1n) is 5.77. The number of hydrogen-bond acceptors (Lipinski definition) is 2. The van der Waals surface area contributed by atoms with E-state index in [-0.39, 0.29) is 0 Å². The summed E-state index contributed by atoms with van der Waals surface area (Å²) >= 11 is 4.38. The third kappa shape index (κ3) is 2.99. The Morgan fingerprint density at radius 2 is 2.27 bits per heavy atom. The van der Waals surface area contributed by atoms with E-state index in [0.717, 1.165) is 17.5 Å². The predicted octanol–water partition coefficient (Wildman–Crippen LogP) is 3.35. The number of nitrogens with zero attached hydrogens (tertiary/aromatic N) is 1. The van der Waals surface area contributed by atoms with E-state index in [4.69, 9.17) is 0 Å². The molecule has 2 heteroatoms. The molecule has 0 saturated carbocycles. The standard InChI is InChI=1S/C13H19NS/c1-11-5-2-3-8-14(11)10-12-6-4-7-13(15)9-12/h4,6-7,9,11,15H,2-3,5,8,10H2,1H3/t11-/m0/s1. The summed E-state index contributed by atoms with van der Waals surface area (Å²) in [6.07, 6.45) is 4.09. The summed E-state index contributed by atoms with van der Waals surface area (Å²) in [5, 5.41) is 0. The zero-order chi connectivity index (χ0) is 10.7. The summed E-state index contributed by atoms with van der Waals surface area (Å²) < 4.78 is 0. The first-order chi connectivity index (χ1) is 7.25. The first kappa shape index (κ1) is 11.0.